The van der Waals surface area contributed by atoms with Gasteiger partial charge in [-0.05, 0) is 38.8 Å². The minimum atomic E-state index is -0.330. The highest BCUT2D eigenvalue weighted by Gasteiger charge is 2.28. The summed E-state index contributed by atoms with van der Waals surface area (Å²) in [6, 6.07) is 7.48. The molecule has 1 aromatic heterocycles. The van der Waals surface area contributed by atoms with E-state index in [1.165, 1.54) is 0 Å². The standard InChI is InChI=1S/C20H25N3O4/c1-13(2)27-19(25)11-12-21-18(24)10-9-17-22-16-6-4-3-5-15(16)20(26)23(17)14-7-8-14/h3-6,13-14H,7-12H2,1-2H3,(H,21,24). The van der Waals surface area contributed by atoms with E-state index in [1.807, 2.05) is 18.2 Å². The number of aromatic nitrogens is 2. The zero-order valence-corrected chi connectivity index (χ0v) is 15.7. The maximum atomic E-state index is 12.8. The van der Waals surface area contributed by atoms with Crippen molar-refractivity contribution in [2.24, 2.45) is 0 Å². The number of esters is 1. The summed E-state index contributed by atoms with van der Waals surface area (Å²) in [5.74, 6) is 0.150. The second kappa shape index (κ2) is 8.33. The summed E-state index contributed by atoms with van der Waals surface area (Å²) in [4.78, 5) is 41.0. The van der Waals surface area contributed by atoms with E-state index in [0.29, 0.717) is 23.1 Å². The van der Waals surface area contributed by atoms with Gasteiger partial charge >= 0.3 is 5.97 Å². The average Bonchev–Trinajstić information content (AvgIpc) is 3.44. The van der Waals surface area contributed by atoms with Crippen LogP contribution in [-0.4, -0.2) is 34.1 Å². The Morgan fingerprint density at radius 1 is 1.26 bits per heavy atom. The number of carbonyl (C=O) groups excluding carboxylic acids is 2. The average molecular weight is 371 g/mol. The summed E-state index contributed by atoms with van der Waals surface area (Å²) in [7, 11) is 0. The molecule has 1 heterocycles. The number of nitrogens with zero attached hydrogens (tertiary/aromatic N) is 2. The molecule has 0 atom stereocenters. The van der Waals surface area contributed by atoms with E-state index >= 15 is 0 Å². The van der Waals surface area contributed by atoms with E-state index in [4.69, 9.17) is 4.74 Å². The molecule has 27 heavy (non-hydrogen) atoms. The third-order valence-electron chi connectivity index (χ3n) is 4.39. The number of carbonyl (C=O) groups is 2. The van der Waals surface area contributed by atoms with Crippen LogP contribution in [0.2, 0.25) is 0 Å². The molecule has 1 fully saturated rings. The second-order valence-corrected chi connectivity index (χ2v) is 7.09. The van der Waals surface area contributed by atoms with E-state index in [-0.39, 0.29) is 49.0 Å². The van der Waals surface area contributed by atoms with Gasteiger partial charge in [-0.3, -0.25) is 19.0 Å². The molecule has 0 spiro atoms. The van der Waals surface area contributed by atoms with Crippen LogP contribution < -0.4 is 10.9 Å². The molecule has 0 saturated heterocycles. The molecule has 144 valence electrons. The molecule has 1 saturated carbocycles. The van der Waals surface area contributed by atoms with Crippen LogP contribution >= 0.6 is 0 Å². The summed E-state index contributed by atoms with van der Waals surface area (Å²) >= 11 is 0. The Morgan fingerprint density at radius 3 is 2.70 bits per heavy atom. The third-order valence-corrected chi connectivity index (χ3v) is 4.39. The second-order valence-electron chi connectivity index (χ2n) is 7.09. The van der Waals surface area contributed by atoms with E-state index in [0.717, 1.165) is 12.8 Å². The lowest BCUT2D eigenvalue weighted by Gasteiger charge is -2.13. The molecule has 1 aliphatic rings. The van der Waals surface area contributed by atoms with Crippen molar-refractivity contribution in [2.45, 2.75) is 58.1 Å². The highest BCUT2D eigenvalue weighted by atomic mass is 16.5. The Labute approximate surface area is 157 Å². The molecule has 0 bridgehead atoms. The van der Waals surface area contributed by atoms with Gasteiger partial charge in [0.05, 0.1) is 23.4 Å². The lowest BCUT2D eigenvalue weighted by Crippen LogP contribution is -2.29. The molecular formula is C20H25N3O4. The van der Waals surface area contributed by atoms with Crippen molar-refractivity contribution in [3.05, 3.63) is 40.4 Å². The van der Waals surface area contributed by atoms with Gasteiger partial charge in [0.25, 0.3) is 5.56 Å². The van der Waals surface area contributed by atoms with Crippen LogP contribution in [0.1, 0.15) is 51.4 Å². The van der Waals surface area contributed by atoms with E-state index < -0.39 is 0 Å². The zero-order valence-electron chi connectivity index (χ0n) is 15.7. The third kappa shape index (κ3) is 4.93. The topological polar surface area (TPSA) is 90.3 Å². The van der Waals surface area contributed by atoms with E-state index in [9.17, 15) is 14.4 Å². The highest BCUT2D eigenvalue weighted by Crippen LogP contribution is 2.34. The number of hydrogen-bond donors (Lipinski definition) is 1. The van der Waals surface area contributed by atoms with Gasteiger partial charge < -0.3 is 10.1 Å². The number of rotatable bonds is 8. The highest BCUT2D eigenvalue weighted by molar-refractivity contribution is 5.78. The van der Waals surface area contributed by atoms with E-state index in [1.54, 1.807) is 24.5 Å². The molecule has 2 aromatic rings. The monoisotopic (exact) mass is 371 g/mol. The number of benzene rings is 1. The summed E-state index contributed by atoms with van der Waals surface area (Å²) in [5.41, 5.74) is 0.626. The van der Waals surface area contributed by atoms with Crippen molar-refractivity contribution in [3.8, 4) is 0 Å². The molecule has 1 aromatic carbocycles. The number of aryl methyl sites for hydroxylation is 1. The number of nitrogens with one attached hydrogen (secondary N) is 1. The number of amides is 1. The lowest BCUT2D eigenvalue weighted by molar-refractivity contribution is -0.147. The number of ether oxygens (including phenoxy) is 1. The van der Waals surface area contributed by atoms with Crippen molar-refractivity contribution < 1.29 is 14.3 Å². The summed E-state index contributed by atoms with van der Waals surface area (Å²) in [5, 5.41) is 3.33. The Kier molecular flexibility index (Phi) is 5.88. The normalized spacial score (nSPS) is 13.7. The Morgan fingerprint density at radius 2 is 2.00 bits per heavy atom. The van der Waals surface area contributed by atoms with Crippen LogP contribution in [0.3, 0.4) is 0 Å². The first-order valence-corrected chi connectivity index (χ1v) is 9.42. The minimum Gasteiger partial charge on any atom is -0.463 e. The minimum absolute atomic E-state index is 0.0325. The van der Waals surface area contributed by atoms with Crippen molar-refractivity contribution in [1.29, 1.82) is 0 Å². The van der Waals surface area contributed by atoms with Gasteiger partial charge in [0.2, 0.25) is 5.91 Å². The molecule has 0 unspecified atom stereocenters. The van der Waals surface area contributed by atoms with Crippen molar-refractivity contribution in [3.63, 3.8) is 0 Å². The van der Waals surface area contributed by atoms with Crippen LogP contribution in [0.15, 0.2) is 29.1 Å². The summed E-state index contributed by atoms with van der Waals surface area (Å²) in [6.07, 6.45) is 2.53. The zero-order chi connectivity index (χ0) is 19.4. The Bertz CT molecular complexity index is 900. The number of hydrogen-bond acceptors (Lipinski definition) is 5. The predicted molar refractivity (Wildman–Crippen MR) is 101 cm³/mol. The van der Waals surface area contributed by atoms with Crippen LogP contribution in [0.25, 0.3) is 10.9 Å². The van der Waals surface area contributed by atoms with Gasteiger partial charge in [-0.1, -0.05) is 12.1 Å². The van der Waals surface area contributed by atoms with Crippen molar-refractivity contribution >= 4 is 22.8 Å². The maximum absolute atomic E-state index is 12.8. The van der Waals surface area contributed by atoms with E-state index in [2.05, 4.69) is 10.3 Å². The van der Waals surface area contributed by atoms with Crippen LogP contribution in [0.4, 0.5) is 0 Å². The lowest BCUT2D eigenvalue weighted by atomic mass is 10.2. The van der Waals surface area contributed by atoms with Gasteiger partial charge in [0, 0.05) is 25.4 Å². The first-order valence-electron chi connectivity index (χ1n) is 9.42. The summed E-state index contributed by atoms with van der Waals surface area (Å²) < 4.78 is 6.77. The van der Waals surface area contributed by atoms with Gasteiger partial charge in [-0.15, -0.1) is 0 Å². The maximum Gasteiger partial charge on any atom is 0.307 e. The van der Waals surface area contributed by atoms with Crippen LogP contribution in [0.5, 0.6) is 0 Å². The molecule has 0 radical (unpaired) electrons. The molecule has 0 aliphatic heterocycles. The fourth-order valence-corrected chi connectivity index (χ4v) is 3.02. The molecule has 1 N–H and O–H groups in total. The molecular weight excluding hydrogens is 346 g/mol. The van der Waals surface area contributed by atoms with Gasteiger partial charge in [-0.2, -0.15) is 0 Å². The SMILES string of the molecule is CC(C)OC(=O)CCNC(=O)CCc1nc2ccccc2c(=O)n1C1CC1. The molecule has 1 aliphatic carbocycles. The van der Waals surface area contributed by atoms with Crippen molar-refractivity contribution in [1.82, 2.24) is 14.9 Å². The smallest absolute Gasteiger partial charge is 0.307 e. The van der Waals surface area contributed by atoms with Crippen LogP contribution in [-0.2, 0) is 20.7 Å². The fourth-order valence-electron chi connectivity index (χ4n) is 3.02. The van der Waals surface area contributed by atoms with Gasteiger partial charge in [-0.25, -0.2) is 4.98 Å². The quantitative estimate of drug-likeness (QED) is 0.718. The summed E-state index contributed by atoms with van der Waals surface area (Å²) in [6.45, 7) is 3.81. The van der Waals surface area contributed by atoms with Gasteiger partial charge in [0.1, 0.15) is 5.82 Å². The molecule has 7 heteroatoms. The molecule has 1 amide bonds. The van der Waals surface area contributed by atoms with Gasteiger partial charge in [0.15, 0.2) is 0 Å². The van der Waals surface area contributed by atoms with Crippen molar-refractivity contribution in [2.75, 3.05) is 6.54 Å². The first-order chi connectivity index (χ1) is 13.0. The predicted octanol–water partition coefficient (Wildman–Crippen LogP) is 2.12. The fraction of sp³-hybridized carbons (Fsp3) is 0.500. The number of para-hydroxylation sites is 1. The Balaban J connectivity index is 1.61. The largest absolute Gasteiger partial charge is 0.463 e. The Hall–Kier alpha value is -2.70. The first kappa shape index (κ1) is 19.1. The number of fused-ring (bicyclic) bond motifs is 1. The van der Waals surface area contributed by atoms with Crippen LogP contribution in [0, 0.1) is 0 Å². The molecule has 7 nitrogen and oxygen atoms in total. The molecule has 3 rings (SSSR count).